The Morgan fingerprint density at radius 2 is 2.25 bits per heavy atom. The van der Waals surface area contributed by atoms with Crippen molar-refractivity contribution in [2.24, 2.45) is 0 Å². The first-order valence-electron chi connectivity index (χ1n) is 6.02. The van der Waals surface area contributed by atoms with Crippen molar-refractivity contribution in [2.45, 2.75) is 20.1 Å². The van der Waals surface area contributed by atoms with E-state index < -0.39 is 0 Å². The van der Waals surface area contributed by atoms with E-state index in [4.69, 9.17) is 9.47 Å². The fourth-order valence-electron chi connectivity index (χ4n) is 1.65. The predicted molar refractivity (Wildman–Crippen MR) is 76.1 cm³/mol. The van der Waals surface area contributed by atoms with Gasteiger partial charge in [0.1, 0.15) is 18.6 Å². The number of hydrogen-bond acceptors (Lipinski definition) is 5. The van der Waals surface area contributed by atoms with E-state index in [1.807, 2.05) is 13.1 Å². The Labute approximate surface area is 124 Å². The van der Waals surface area contributed by atoms with Crippen LogP contribution in [0.25, 0.3) is 0 Å². The van der Waals surface area contributed by atoms with E-state index in [1.165, 1.54) is 7.11 Å². The molecule has 6 nitrogen and oxygen atoms in total. The van der Waals surface area contributed by atoms with Gasteiger partial charge in [-0.1, -0.05) is 5.21 Å². The molecular formula is C13H14BrN3O3. The number of nitrogens with zero attached hydrogens (tertiary/aromatic N) is 3. The third-order valence-corrected chi connectivity index (χ3v) is 3.25. The lowest BCUT2D eigenvalue weighted by Crippen LogP contribution is -2.00. The molecule has 0 unspecified atom stereocenters. The summed E-state index contributed by atoms with van der Waals surface area (Å²) in [4.78, 5) is 10.8. The van der Waals surface area contributed by atoms with Crippen LogP contribution in [0.5, 0.6) is 11.5 Å². The van der Waals surface area contributed by atoms with Gasteiger partial charge in [-0.05, 0) is 35.0 Å². The Hall–Kier alpha value is -1.89. The largest absolute Gasteiger partial charge is 0.493 e. The molecule has 20 heavy (non-hydrogen) atoms. The highest BCUT2D eigenvalue weighted by Gasteiger charge is 2.12. The summed E-state index contributed by atoms with van der Waals surface area (Å²) in [6.07, 6.45) is 2.57. The maximum atomic E-state index is 10.8. The van der Waals surface area contributed by atoms with E-state index in [0.29, 0.717) is 21.5 Å². The summed E-state index contributed by atoms with van der Waals surface area (Å²) >= 11 is 3.37. The van der Waals surface area contributed by atoms with Crippen LogP contribution in [0.2, 0.25) is 0 Å². The van der Waals surface area contributed by atoms with Crippen molar-refractivity contribution in [2.75, 3.05) is 7.11 Å². The molecule has 2 rings (SSSR count). The predicted octanol–water partition coefficient (Wildman–Crippen LogP) is 2.46. The zero-order chi connectivity index (χ0) is 14.5. The van der Waals surface area contributed by atoms with Crippen molar-refractivity contribution in [1.29, 1.82) is 0 Å². The second-order valence-corrected chi connectivity index (χ2v) is 4.86. The average Bonchev–Trinajstić information content (AvgIpc) is 2.93. The van der Waals surface area contributed by atoms with Gasteiger partial charge in [-0.2, -0.15) is 0 Å². The number of aromatic nitrogens is 3. The Morgan fingerprint density at radius 3 is 2.85 bits per heavy atom. The first kappa shape index (κ1) is 14.5. The lowest BCUT2D eigenvalue weighted by Gasteiger charge is -2.12. The molecule has 0 radical (unpaired) electrons. The van der Waals surface area contributed by atoms with Gasteiger partial charge in [-0.15, -0.1) is 5.10 Å². The number of halogens is 1. The maximum absolute atomic E-state index is 10.8. The van der Waals surface area contributed by atoms with Gasteiger partial charge in [0.2, 0.25) is 0 Å². The van der Waals surface area contributed by atoms with Gasteiger partial charge < -0.3 is 9.47 Å². The normalized spacial score (nSPS) is 10.3. The quantitative estimate of drug-likeness (QED) is 0.756. The molecule has 0 bridgehead atoms. The second-order valence-electron chi connectivity index (χ2n) is 4.01. The number of carbonyl (C=O) groups is 1. The highest BCUT2D eigenvalue weighted by atomic mass is 79.9. The van der Waals surface area contributed by atoms with Gasteiger partial charge in [-0.25, -0.2) is 0 Å². The molecule has 0 spiro atoms. The standard InChI is InChI=1S/C13H14BrN3O3/c1-3-17-6-10(15-16-17)8-20-13-11(14)4-9(7-18)5-12(13)19-2/h4-7H,3,8H2,1-2H3. The molecule has 0 aliphatic carbocycles. The SMILES string of the molecule is CCn1cc(COc2c(Br)cc(C=O)cc2OC)nn1. The van der Waals surface area contributed by atoms with Crippen LogP contribution in [0.3, 0.4) is 0 Å². The molecule has 2 aromatic rings. The van der Waals surface area contributed by atoms with Crippen molar-refractivity contribution < 1.29 is 14.3 Å². The Balaban J connectivity index is 2.18. The van der Waals surface area contributed by atoms with Crippen molar-refractivity contribution in [3.05, 3.63) is 34.1 Å². The summed E-state index contributed by atoms with van der Waals surface area (Å²) in [5.41, 5.74) is 1.23. The number of rotatable bonds is 6. The minimum Gasteiger partial charge on any atom is -0.493 e. The lowest BCUT2D eigenvalue weighted by molar-refractivity contribution is 0.112. The number of benzene rings is 1. The molecule has 106 valence electrons. The maximum Gasteiger partial charge on any atom is 0.175 e. The fraction of sp³-hybridized carbons (Fsp3) is 0.308. The van der Waals surface area contributed by atoms with Crippen molar-refractivity contribution >= 4 is 22.2 Å². The number of hydrogen-bond donors (Lipinski definition) is 0. The number of aldehydes is 1. The van der Waals surface area contributed by atoms with Gasteiger partial charge in [0.05, 0.1) is 17.8 Å². The topological polar surface area (TPSA) is 66.2 Å². The molecule has 0 N–H and O–H groups in total. The third-order valence-electron chi connectivity index (χ3n) is 2.66. The number of ether oxygens (including phenoxy) is 2. The monoisotopic (exact) mass is 339 g/mol. The average molecular weight is 340 g/mol. The first-order valence-corrected chi connectivity index (χ1v) is 6.81. The molecule has 0 fully saturated rings. The Bertz CT molecular complexity index is 613. The van der Waals surface area contributed by atoms with Gasteiger partial charge in [0.25, 0.3) is 0 Å². The molecule has 0 atom stereocenters. The van der Waals surface area contributed by atoms with Crippen LogP contribution < -0.4 is 9.47 Å². The van der Waals surface area contributed by atoms with Crippen LogP contribution >= 0.6 is 15.9 Å². The molecule has 0 saturated carbocycles. The summed E-state index contributed by atoms with van der Waals surface area (Å²) in [7, 11) is 1.52. The van der Waals surface area contributed by atoms with Crippen LogP contribution in [0, 0.1) is 0 Å². The van der Waals surface area contributed by atoms with Crippen molar-refractivity contribution in [3.63, 3.8) is 0 Å². The van der Waals surface area contributed by atoms with E-state index >= 15 is 0 Å². The van der Waals surface area contributed by atoms with Crippen LogP contribution in [0.15, 0.2) is 22.8 Å². The van der Waals surface area contributed by atoms with Crippen LogP contribution in [-0.2, 0) is 13.2 Å². The van der Waals surface area contributed by atoms with Gasteiger partial charge in [0.15, 0.2) is 11.5 Å². The van der Waals surface area contributed by atoms with Gasteiger partial charge >= 0.3 is 0 Å². The first-order chi connectivity index (χ1) is 9.67. The molecule has 0 aliphatic rings. The smallest absolute Gasteiger partial charge is 0.175 e. The molecule has 0 aliphatic heterocycles. The Kier molecular flexibility index (Phi) is 4.73. The third kappa shape index (κ3) is 3.16. The van der Waals surface area contributed by atoms with Gasteiger partial charge in [-0.3, -0.25) is 9.48 Å². The van der Waals surface area contributed by atoms with Crippen molar-refractivity contribution in [1.82, 2.24) is 15.0 Å². The van der Waals surface area contributed by atoms with Crippen LogP contribution in [-0.4, -0.2) is 28.4 Å². The number of methoxy groups -OCH3 is 1. The minimum absolute atomic E-state index is 0.273. The van der Waals surface area contributed by atoms with E-state index in [9.17, 15) is 4.79 Å². The zero-order valence-corrected chi connectivity index (χ0v) is 12.8. The summed E-state index contributed by atoms with van der Waals surface area (Å²) in [5, 5.41) is 7.93. The van der Waals surface area contributed by atoms with E-state index in [-0.39, 0.29) is 6.61 Å². The summed E-state index contributed by atoms with van der Waals surface area (Å²) in [6, 6.07) is 3.30. The second kappa shape index (κ2) is 6.51. The zero-order valence-electron chi connectivity index (χ0n) is 11.2. The highest BCUT2D eigenvalue weighted by Crippen LogP contribution is 2.36. The number of carbonyl (C=O) groups excluding carboxylic acids is 1. The molecule has 1 aromatic carbocycles. The van der Waals surface area contributed by atoms with Gasteiger partial charge in [0, 0.05) is 12.1 Å². The molecule has 1 aromatic heterocycles. The highest BCUT2D eigenvalue weighted by molar-refractivity contribution is 9.10. The fourth-order valence-corrected chi connectivity index (χ4v) is 2.23. The summed E-state index contributed by atoms with van der Waals surface area (Å²) < 4.78 is 13.3. The van der Waals surface area contributed by atoms with E-state index in [0.717, 1.165) is 18.5 Å². The molecule has 0 saturated heterocycles. The summed E-state index contributed by atoms with van der Waals surface area (Å²) in [5.74, 6) is 1.02. The van der Waals surface area contributed by atoms with E-state index in [1.54, 1.807) is 16.8 Å². The lowest BCUT2D eigenvalue weighted by atomic mass is 10.2. The van der Waals surface area contributed by atoms with Crippen LogP contribution in [0.1, 0.15) is 23.0 Å². The van der Waals surface area contributed by atoms with Crippen LogP contribution in [0.4, 0.5) is 0 Å². The molecular weight excluding hydrogens is 326 g/mol. The van der Waals surface area contributed by atoms with E-state index in [2.05, 4.69) is 26.2 Å². The molecule has 0 amide bonds. The summed E-state index contributed by atoms with van der Waals surface area (Å²) in [6.45, 7) is 3.01. The molecule has 1 heterocycles. The van der Waals surface area contributed by atoms with Crippen molar-refractivity contribution in [3.8, 4) is 11.5 Å². The minimum atomic E-state index is 0.273. The molecule has 7 heteroatoms. The number of aryl methyl sites for hydroxylation is 1. The Morgan fingerprint density at radius 1 is 1.45 bits per heavy atom.